The third kappa shape index (κ3) is 2.12. The monoisotopic (exact) mass is 155 g/mol. The molecule has 10 heavy (non-hydrogen) atoms. The zero-order chi connectivity index (χ0) is 7.61. The van der Waals surface area contributed by atoms with Gasteiger partial charge in [-0.2, -0.15) is 0 Å². The molecule has 1 aliphatic rings. The molecule has 0 aromatic rings. The van der Waals surface area contributed by atoms with Gasteiger partial charge in [-0.25, -0.2) is 0 Å². The fraction of sp³-hybridized carbons (Fsp3) is 0.889. The molecule has 59 valence electrons. The summed E-state index contributed by atoms with van der Waals surface area (Å²) in [7, 11) is -0.776. The molecule has 0 bridgehead atoms. The van der Waals surface area contributed by atoms with Crippen LogP contribution < -0.4 is 0 Å². The largest absolute Gasteiger partial charge is 0.0693 e. The maximum atomic E-state index is 2.50. The van der Waals surface area contributed by atoms with Crippen LogP contribution in [0, 0.1) is 6.42 Å². The zero-order valence-corrected chi connectivity index (χ0v) is 8.48. The lowest BCUT2D eigenvalue weighted by Crippen LogP contribution is -2.29. The highest BCUT2D eigenvalue weighted by molar-refractivity contribution is 6.77. The van der Waals surface area contributed by atoms with Crippen molar-refractivity contribution in [2.24, 2.45) is 0 Å². The van der Waals surface area contributed by atoms with E-state index in [-0.39, 0.29) is 0 Å². The Balaban J connectivity index is 2.39. The van der Waals surface area contributed by atoms with Crippen molar-refractivity contribution in [1.29, 1.82) is 0 Å². The summed E-state index contributed by atoms with van der Waals surface area (Å²) < 4.78 is 0. The fourth-order valence-electron chi connectivity index (χ4n) is 1.79. The predicted octanol–water partition coefficient (Wildman–Crippen LogP) is 3.47. The first kappa shape index (κ1) is 8.31. The van der Waals surface area contributed by atoms with E-state index >= 15 is 0 Å². The lowest BCUT2D eigenvalue weighted by atomic mass is 10.0. The first-order chi connectivity index (χ1) is 4.61. The van der Waals surface area contributed by atoms with E-state index in [0.29, 0.717) is 0 Å². The molecule has 1 radical (unpaired) electrons. The van der Waals surface area contributed by atoms with Crippen LogP contribution in [0.15, 0.2) is 0 Å². The summed E-state index contributed by atoms with van der Waals surface area (Å²) in [6.45, 7) is 7.51. The van der Waals surface area contributed by atoms with Crippen molar-refractivity contribution in [2.75, 3.05) is 0 Å². The SMILES string of the molecule is C[Si](C)(C)C1CC[CH]CC1. The fourth-order valence-corrected chi connectivity index (χ4v) is 3.86. The van der Waals surface area contributed by atoms with Crippen molar-refractivity contribution in [3.8, 4) is 0 Å². The molecule has 0 saturated heterocycles. The van der Waals surface area contributed by atoms with Gasteiger partial charge in [0.25, 0.3) is 0 Å². The van der Waals surface area contributed by atoms with Crippen LogP contribution >= 0.6 is 0 Å². The molecule has 1 fully saturated rings. The average molecular weight is 155 g/mol. The van der Waals surface area contributed by atoms with Gasteiger partial charge in [0.2, 0.25) is 0 Å². The van der Waals surface area contributed by atoms with Gasteiger partial charge in [-0.1, -0.05) is 45.3 Å². The van der Waals surface area contributed by atoms with Crippen LogP contribution in [-0.2, 0) is 0 Å². The van der Waals surface area contributed by atoms with Gasteiger partial charge in [-0.3, -0.25) is 0 Å². The minimum absolute atomic E-state index is 0.776. The van der Waals surface area contributed by atoms with Gasteiger partial charge < -0.3 is 0 Å². The first-order valence-electron chi connectivity index (χ1n) is 4.42. The molecule has 0 spiro atoms. The molecule has 1 aliphatic carbocycles. The first-order valence-corrected chi connectivity index (χ1v) is 8.00. The molecule has 0 aromatic carbocycles. The van der Waals surface area contributed by atoms with Gasteiger partial charge in [0.15, 0.2) is 0 Å². The summed E-state index contributed by atoms with van der Waals surface area (Å²) in [4.78, 5) is 0. The van der Waals surface area contributed by atoms with Crippen LogP contribution in [-0.4, -0.2) is 8.07 Å². The summed E-state index contributed by atoms with van der Waals surface area (Å²) in [5.41, 5.74) is 1.11. The topological polar surface area (TPSA) is 0 Å². The standard InChI is InChI=1S/C9H19Si/c1-10(2,3)9-7-5-4-6-8-9/h4,9H,5-8H2,1-3H3. The number of hydrogen-bond acceptors (Lipinski definition) is 0. The summed E-state index contributed by atoms with van der Waals surface area (Å²) in [6, 6.07) is 0. The summed E-state index contributed by atoms with van der Waals surface area (Å²) in [6.07, 6.45) is 8.19. The Labute approximate surface area is 66.0 Å². The van der Waals surface area contributed by atoms with Crippen LogP contribution in [0.5, 0.6) is 0 Å². The second kappa shape index (κ2) is 3.08. The van der Waals surface area contributed by atoms with E-state index in [1.54, 1.807) is 0 Å². The average Bonchev–Trinajstić information content (AvgIpc) is 1.88. The minimum Gasteiger partial charge on any atom is -0.0693 e. The smallest absolute Gasteiger partial charge is 0.0473 e. The Hall–Kier alpha value is 0.217. The van der Waals surface area contributed by atoms with Crippen molar-refractivity contribution >= 4 is 8.07 Å². The lowest BCUT2D eigenvalue weighted by Gasteiger charge is -2.31. The van der Waals surface area contributed by atoms with Gasteiger partial charge in [-0.05, 0) is 12.0 Å². The van der Waals surface area contributed by atoms with E-state index in [1.165, 1.54) is 25.7 Å². The van der Waals surface area contributed by atoms with Crippen molar-refractivity contribution in [3.63, 3.8) is 0 Å². The molecule has 0 aromatic heterocycles. The third-order valence-electron chi connectivity index (χ3n) is 2.66. The second-order valence-corrected chi connectivity index (χ2v) is 10.1. The van der Waals surface area contributed by atoms with Gasteiger partial charge in [0.05, 0.1) is 0 Å². The summed E-state index contributed by atoms with van der Waals surface area (Å²) in [5.74, 6) is 0. The quantitative estimate of drug-likeness (QED) is 0.509. The molecule has 0 heterocycles. The summed E-state index contributed by atoms with van der Waals surface area (Å²) >= 11 is 0. The molecular formula is C9H19Si. The van der Waals surface area contributed by atoms with E-state index in [2.05, 4.69) is 26.1 Å². The Morgan fingerprint density at radius 3 is 1.90 bits per heavy atom. The molecular weight excluding hydrogens is 136 g/mol. The van der Waals surface area contributed by atoms with Crippen LogP contribution in [0.25, 0.3) is 0 Å². The van der Waals surface area contributed by atoms with Crippen LogP contribution in [0.3, 0.4) is 0 Å². The zero-order valence-electron chi connectivity index (χ0n) is 7.48. The Morgan fingerprint density at radius 2 is 1.60 bits per heavy atom. The van der Waals surface area contributed by atoms with E-state index in [9.17, 15) is 0 Å². The molecule has 0 nitrogen and oxygen atoms in total. The van der Waals surface area contributed by atoms with Crippen molar-refractivity contribution in [3.05, 3.63) is 6.42 Å². The van der Waals surface area contributed by atoms with Gasteiger partial charge >= 0.3 is 0 Å². The normalized spacial score (nSPS) is 23.1. The lowest BCUT2D eigenvalue weighted by molar-refractivity contribution is 0.576. The number of rotatable bonds is 1. The highest BCUT2D eigenvalue weighted by Gasteiger charge is 2.27. The van der Waals surface area contributed by atoms with E-state index < -0.39 is 8.07 Å². The Kier molecular flexibility index (Phi) is 2.56. The van der Waals surface area contributed by atoms with Crippen LogP contribution in [0.1, 0.15) is 25.7 Å². The molecule has 1 saturated carbocycles. The highest BCUT2D eigenvalue weighted by Crippen LogP contribution is 2.35. The van der Waals surface area contributed by atoms with Gasteiger partial charge in [-0.15, -0.1) is 0 Å². The number of hydrogen-bond donors (Lipinski definition) is 0. The van der Waals surface area contributed by atoms with Crippen LogP contribution in [0.4, 0.5) is 0 Å². The Bertz CT molecular complexity index is 95.8. The molecule has 0 aliphatic heterocycles. The van der Waals surface area contributed by atoms with Crippen molar-refractivity contribution < 1.29 is 0 Å². The predicted molar refractivity (Wildman–Crippen MR) is 49.9 cm³/mol. The minimum atomic E-state index is -0.776. The molecule has 0 amide bonds. The molecule has 0 unspecified atom stereocenters. The Morgan fingerprint density at radius 1 is 1.10 bits per heavy atom. The van der Waals surface area contributed by atoms with E-state index in [0.717, 1.165) is 5.54 Å². The van der Waals surface area contributed by atoms with Crippen molar-refractivity contribution in [2.45, 2.75) is 50.9 Å². The molecule has 1 rings (SSSR count). The van der Waals surface area contributed by atoms with Gasteiger partial charge in [0.1, 0.15) is 0 Å². The maximum Gasteiger partial charge on any atom is 0.0473 e. The van der Waals surface area contributed by atoms with E-state index in [4.69, 9.17) is 0 Å². The highest BCUT2D eigenvalue weighted by atomic mass is 28.3. The van der Waals surface area contributed by atoms with Crippen LogP contribution in [0.2, 0.25) is 25.2 Å². The molecule has 0 N–H and O–H groups in total. The third-order valence-corrected chi connectivity index (χ3v) is 5.69. The molecule has 0 atom stereocenters. The van der Waals surface area contributed by atoms with Gasteiger partial charge in [0, 0.05) is 8.07 Å². The van der Waals surface area contributed by atoms with E-state index in [1.807, 2.05) is 0 Å². The maximum absolute atomic E-state index is 2.50. The molecule has 1 heteroatoms. The summed E-state index contributed by atoms with van der Waals surface area (Å²) in [5, 5.41) is 0. The van der Waals surface area contributed by atoms with Crippen molar-refractivity contribution in [1.82, 2.24) is 0 Å². The second-order valence-electron chi connectivity index (χ2n) is 4.51.